The Morgan fingerprint density at radius 3 is 1.63 bits per heavy atom. The van der Waals surface area contributed by atoms with Crippen molar-refractivity contribution < 1.29 is 22.6 Å². The van der Waals surface area contributed by atoms with E-state index in [1.807, 2.05) is 0 Å². The van der Waals surface area contributed by atoms with Gasteiger partial charge in [-0.25, -0.2) is 4.39 Å². The van der Waals surface area contributed by atoms with Crippen LogP contribution in [0.4, 0.5) is 13.2 Å². The second-order valence-corrected chi connectivity index (χ2v) is 11.7. The minimum absolute atomic E-state index is 0.150. The van der Waals surface area contributed by atoms with Crippen molar-refractivity contribution in [1.29, 1.82) is 0 Å². The molecule has 0 amide bonds. The third-order valence-electron chi connectivity index (χ3n) is 9.42. The summed E-state index contributed by atoms with van der Waals surface area (Å²) in [6, 6.07) is 2.64. The van der Waals surface area contributed by atoms with E-state index in [9.17, 15) is 13.2 Å². The summed E-state index contributed by atoms with van der Waals surface area (Å²) in [5.41, 5.74) is 0. The second-order valence-electron chi connectivity index (χ2n) is 11.7. The molecule has 0 aliphatic heterocycles. The lowest BCUT2D eigenvalue weighted by Gasteiger charge is -2.41. The Balaban J connectivity index is 1.14. The van der Waals surface area contributed by atoms with Crippen molar-refractivity contribution in [2.24, 2.45) is 35.5 Å². The van der Waals surface area contributed by atoms with Gasteiger partial charge in [0.1, 0.15) is 12.8 Å². The average Bonchev–Trinajstić information content (AvgIpc) is 2.87. The van der Waals surface area contributed by atoms with E-state index in [-0.39, 0.29) is 24.7 Å². The molecule has 3 saturated carbocycles. The molecule has 0 bridgehead atoms. The van der Waals surface area contributed by atoms with E-state index < -0.39 is 17.8 Å². The summed E-state index contributed by atoms with van der Waals surface area (Å²) in [5, 5.41) is 0. The summed E-state index contributed by atoms with van der Waals surface area (Å²) in [5.74, 6) is 2.34. The quantitative estimate of drug-likeness (QED) is 0.341. The predicted octanol–water partition coefficient (Wildman–Crippen LogP) is 8.91. The molecule has 0 radical (unpaired) electrons. The normalized spacial score (nSPS) is 32.7. The van der Waals surface area contributed by atoms with Crippen molar-refractivity contribution >= 4 is 0 Å². The fourth-order valence-electron chi connectivity index (χ4n) is 7.24. The highest BCUT2D eigenvalue weighted by molar-refractivity contribution is 5.35. The van der Waals surface area contributed by atoms with Crippen LogP contribution in [0.15, 0.2) is 12.1 Å². The number of rotatable bonds is 9. The van der Waals surface area contributed by atoms with E-state index >= 15 is 0 Å². The lowest BCUT2D eigenvalue weighted by atomic mass is 9.65. The largest absolute Gasteiger partial charge is 0.491 e. The van der Waals surface area contributed by atoms with Crippen molar-refractivity contribution in [3.63, 3.8) is 0 Å². The van der Waals surface area contributed by atoms with Crippen LogP contribution in [0.3, 0.4) is 0 Å². The molecule has 2 nitrogen and oxygen atoms in total. The molecule has 3 aliphatic carbocycles. The van der Waals surface area contributed by atoms with Crippen LogP contribution in [0.2, 0.25) is 0 Å². The molecule has 1 atom stereocenters. The van der Waals surface area contributed by atoms with Gasteiger partial charge in [0.25, 0.3) is 0 Å². The number of benzene rings is 1. The first-order valence-corrected chi connectivity index (χ1v) is 14.3. The highest BCUT2D eigenvalue weighted by atomic mass is 19.2. The Morgan fingerprint density at radius 1 is 0.714 bits per heavy atom. The smallest absolute Gasteiger partial charge is 0.204 e. The van der Waals surface area contributed by atoms with Crippen LogP contribution in [0.5, 0.6) is 11.5 Å². The van der Waals surface area contributed by atoms with Gasteiger partial charge in [-0.3, -0.25) is 0 Å². The number of hydrogen-bond acceptors (Lipinski definition) is 2. The van der Waals surface area contributed by atoms with Gasteiger partial charge in [-0.15, -0.1) is 0 Å². The number of ether oxygens (including phenoxy) is 2. The van der Waals surface area contributed by atoms with Crippen molar-refractivity contribution in [2.45, 2.75) is 103 Å². The zero-order chi connectivity index (χ0) is 24.8. The summed E-state index contributed by atoms with van der Waals surface area (Å²) in [6.07, 6.45) is 15.3. The van der Waals surface area contributed by atoms with Crippen LogP contribution in [-0.4, -0.2) is 19.4 Å². The predicted molar refractivity (Wildman–Crippen MR) is 135 cm³/mol. The van der Waals surface area contributed by atoms with Crippen LogP contribution in [0.1, 0.15) is 97.3 Å². The van der Waals surface area contributed by atoms with Gasteiger partial charge in [-0.2, -0.15) is 8.78 Å². The Morgan fingerprint density at radius 2 is 1.14 bits per heavy atom. The molecule has 198 valence electrons. The van der Waals surface area contributed by atoms with Crippen molar-refractivity contribution in [2.75, 3.05) is 13.2 Å². The molecule has 0 heterocycles. The molecule has 4 rings (SSSR count). The zero-order valence-electron chi connectivity index (χ0n) is 21.8. The first-order chi connectivity index (χ1) is 16.9. The highest BCUT2D eigenvalue weighted by Gasteiger charge is 2.34. The molecule has 0 aromatic heterocycles. The molecule has 0 spiro atoms. The van der Waals surface area contributed by atoms with Crippen LogP contribution in [0, 0.1) is 47.1 Å². The maximum Gasteiger partial charge on any atom is 0.204 e. The Kier molecular flexibility index (Phi) is 9.69. The van der Waals surface area contributed by atoms with Crippen LogP contribution >= 0.6 is 0 Å². The van der Waals surface area contributed by atoms with Crippen molar-refractivity contribution in [3.05, 3.63) is 23.8 Å². The van der Waals surface area contributed by atoms with Crippen LogP contribution < -0.4 is 9.47 Å². The average molecular weight is 495 g/mol. The second kappa shape index (κ2) is 12.7. The molecule has 35 heavy (non-hydrogen) atoms. The maximum absolute atomic E-state index is 14.6. The molecule has 3 aliphatic rings. The molecule has 5 heteroatoms. The first-order valence-electron chi connectivity index (χ1n) is 14.3. The minimum Gasteiger partial charge on any atom is -0.491 e. The molecule has 1 aromatic carbocycles. The van der Waals surface area contributed by atoms with Gasteiger partial charge in [-0.1, -0.05) is 32.6 Å². The van der Waals surface area contributed by atoms with E-state index in [1.54, 1.807) is 6.92 Å². The molecular formula is C30H45F3O2. The maximum atomic E-state index is 14.6. The number of hydrogen-bond donors (Lipinski definition) is 0. The lowest BCUT2D eigenvalue weighted by molar-refractivity contribution is 0.0950. The van der Waals surface area contributed by atoms with Gasteiger partial charge in [-0.05, 0) is 112 Å². The topological polar surface area (TPSA) is 18.5 Å². The Bertz CT molecular complexity index is 776. The molecular weight excluding hydrogens is 449 g/mol. The van der Waals surface area contributed by atoms with E-state index in [0.29, 0.717) is 12.3 Å². The van der Waals surface area contributed by atoms with Crippen LogP contribution in [0.25, 0.3) is 0 Å². The molecule has 1 aromatic rings. The van der Waals surface area contributed by atoms with E-state index in [2.05, 4.69) is 6.92 Å². The molecule has 1 unspecified atom stereocenters. The fourth-order valence-corrected chi connectivity index (χ4v) is 7.24. The minimum atomic E-state index is -1.17. The van der Waals surface area contributed by atoms with Gasteiger partial charge < -0.3 is 9.47 Å². The van der Waals surface area contributed by atoms with Gasteiger partial charge in [0.15, 0.2) is 11.5 Å². The fraction of sp³-hybridized carbons (Fsp3) is 0.800. The number of halogens is 3. The lowest BCUT2D eigenvalue weighted by Crippen LogP contribution is -2.30. The van der Waals surface area contributed by atoms with Gasteiger partial charge >= 0.3 is 0 Å². The zero-order valence-corrected chi connectivity index (χ0v) is 21.8. The van der Waals surface area contributed by atoms with Crippen molar-refractivity contribution in [1.82, 2.24) is 0 Å². The van der Waals surface area contributed by atoms with Gasteiger partial charge in [0.2, 0.25) is 11.6 Å². The number of alkyl halides is 1. The summed E-state index contributed by atoms with van der Waals surface area (Å²) >= 11 is 0. The highest BCUT2D eigenvalue weighted by Crippen LogP contribution is 2.46. The van der Waals surface area contributed by atoms with E-state index in [4.69, 9.17) is 9.47 Å². The Labute approximate surface area is 210 Å². The third kappa shape index (κ3) is 7.10. The monoisotopic (exact) mass is 494 g/mol. The summed E-state index contributed by atoms with van der Waals surface area (Å²) in [4.78, 5) is 0. The molecule has 3 fully saturated rings. The SMILES string of the molecule is CCOc1ccc(OCC(F)CC2CCC(C3CCC(C4CCC(C)CC4)CC3)CC2)c(F)c1F. The van der Waals surface area contributed by atoms with Gasteiger partial charge in [0.05, 0.1) is 6.61 Å². The molecule has 0 N–H and O–H groups in total. The first kappa shape index (κ1) is 26.7. The standard InChI is InChI=1S/C30H45F3O2/c1-3-34-27-16-17-28(30(33)29(27)32)35-19-26(31)18-21-6-10-23(11-7-21)25-14-12-24(13-15-25)22-8-4-20(2)5-9-22/h16-17,20-26H,3-15,18-19H2,1-2H3. The summed E-state index contributed by atoms with van der Waals surface area (Å²) in [7, 11) is 0. The van der Waals surface area contributed by atoms with Crippen LogP contribution in [-0.2, 0) is 0 Å². The molecule has 0 saturated heterocycles. The van der Waals surface area contributed by atoms with E-state index in [0.717, 1.165) is 42.4 Å². The van der Waals surface area contributed by atoms with Crippen molar-refractivity contribution in [3.8, 4) is 11.5 Å². The summed E-state index contributed by atoms with van der Waals surface area (Å²) < 4.78 is 53.1. The Hall–Kier alpha value is -1.39. The van der Waals surface area contributed by atoms with Gasteiger partial charge in [0, 0.05) is 0 Å². The third-order valence-corrected chi connectivity index (χ3v) is 9.42. The summed E-state index contributed by atoms with van der Waals surface area (Å²) in [6.45, 7) is 4.11. The van der Waals surface area contributed by atoms with E-state index in [1.165, 1.54) is 76.3 Å².